The molecule has 2 aromatic rings. The topological polar surface area (TPSA) is 180 Å². The van der Waals surface area contributed by atoms with Crippen molar-refractivity contribution in [1.29, 1.82) is 0 Å². The minimum atomic E-state index is -1.01. The molecular formula is C50H71N7O6. The summed E-state index contributed by atoms with van der Waals surface area (Å²) >= 11 is 0. The summed E-state index contributed by atoms with van der Waals surface area (Å²) in [7, 11) is 0. The fourth-order valence-electron chi connectivity index (χ4n) is 11.0. The van der Waals surface area contributed by atoms with Gasteiger partial charge in [0.25, 0.3) is 11.8 Å². The molecule has 1 aliphatic heterocycles. The van der Waals surface area contributed by atoms with Crippen LogP contribution >= 0.6 is 0 Å². The molecule has 4 saturated carbocycles. The predicted molar refractivity (Wildman–Crippen MR) is 240 cm³/mol. The quantitative estimate of drug-likeness (QED) is 0.111. The van der Waals surface area contributed by atoms with Gasteiger partial charge < -0.3 is 26.2 Å². The molecular weight excluding hydrogens is 795 g/mol. The van der Waals surface area contributed by atoms with E-state index >= 15 is 0 Å². The number of carbonyl (C=O) groups is 6. The van der Waals surface area contributed by atoms with Crippen LogP contribution in [0.3, 0.4) is 0 Å². The van der Waals surface area contributed by atoms with Gasteiger partial charge in [-0.1, -0.05) is 103 Å². The Hall–Kier alpha value is -4.68. The van der Waals surface area contributed by atoms with Gasteiger partial charge in [-0.3, -0.25) is 33.8 Å². The second kappa shape index (κ2) is 20.9. The Labute approximate surface area is 373 Å². The van der Waals surface area contributed by atoms with Crippen molar-refractivity contribution < 1.29 is 28.8 Å². The third kappa shape index (κ3) is 11.7. The molecule has 4 aliphatic carbocycles. The lowest BCUT2D eigenvalue weighted by atomic mass is 9.82. The number of hydrogen-bond donors (Lipinski definition) is 4. The molecule has 0 bridgehead atoms. The molecule has 63 heavy (non-hydrogen) atoms. The summed E-state index contributed by atoms with van der Waals surface area (Å²) in [5, 5.41) is 11.7. The van der Waals surface area contributed by atoms with Crippen molar-refractivity contribution >= 4 is 35.3 Å². The molecule has 8 atom stereocenters. The zero-order valence-corrected chi connectivity index (χ0v) is 38.0. The lowest BCUT2D eigenvalue weighted by Crippen LogP contribution is -2.62. The van der Waals surface area contributed by atoms with Crippen molar-refractivity contribution in [2.45, 2.75) is 179 Å². The average Bonchev–Trinajstić information content (AvgIpc) is 3.93. The summed E-state index contributed by atoms with van der Waals surface area (Å²) in [4.78, 5) is 94.5. The van der Waals surface area contributed by atoms with Gasteiger partial charge in [0.1, 0.15) is 23.8 Å². The number of likely N-dealkylation sites (tertiary alicyclic amines) is 1. The van der Waals surface area contributed by atoms with Crippen LogP contribution in [0.5, 0.6) is 0 Å². The van der Waals surface area contributed by atoms with E-state index in [4.69, 9.17) is 0 Å². The number of fused-ring (bicyclic) bond motifs is 1. The van der Waals surface area contributed by atoms with Crippen LogP contribution in [0.15, 0.2) is 42.7 Å². The van der Waals surface area contributed by atoms with Gasteiger partial charge in [0.05, 0.1) is 17.9 Å². The molecule has 1 saturated heterocycles. The maximum atomic E-state index is 14.9. The SMILES string of the molecule is CCC[C@@H](NC(=O)[C@@H]1[C@H]2CCC[C@H]2CN1C(=O)[C@@H](NC(=O)[C@@H](NC(=O)c1cnc(CC2CCCC(c3ccccc3)CC2)cn1)C1CCCCC1)C(C)(C)C)C(=O)C(=O)NC1CC1. The van der Waals surface area contributed by atoms with Gasteiger partial charge in [-0.2, -0.15) is 0 Å². The first kappa shape index (κ1) is 46.3. The Balaban J connectivity index is 1.02. The molecule has 0 spiro atoms. The number of nitrogens with one attached hydrogen (secondary N) is 4. The van der Waals surface area contributed by atoms with E-state index in [2.05, 4.69) is 61.6 Å². The van der Waals surface area contributed by atoms with E-state index in [0.29, 0.717) is 31.2 Å². The first-order chi connectivity index (χ1) is 30.3. The highest BCUT2D eigenvalue weighted by Crippen LogP contribution is 2.43. The smallest absolute Gasteiger partial charge is 0.289 e. The lowest BCUT2D eigenvalue weighted by molar-refractivity contribution is -0.146. The number of ketones is 1. The molecule has 5 amide bonds. The molecule has 2 heterocycles. The maximum Gasteiger partial charge on any atom is 0.289 e. The highest BCUT2D eigenvalue weighted by atomic mass is 16.2. The molecule has 1 aromatic heterocycles. The molecule has 7 rings (SSSR count). The van der Waals surface area contributed by atoms with E-state index in [1.165, 1.54) is 24.6 Å². The van der Waals surface area contributed by atoms with Crippen molar-refractivity contribution in [3.05, 3.63) is 59.7 Å². The predicted octanol–water partition coefficient (Wildman–Crippen LogP) is 6.35. The van der Waals surface area contributed by atoms with Crippen LogP contribution in [0.2, 0.25) is 0 Å². The third-order valence-electron chi connectivity index (χ3n) is 14.7. The van der Waals surface area contributed by atoms with Gasteiger partial charge in [0.2, 0.25) is 23.5 Å². The average molecular weight is 866 g/mol. The van der Waals surface area contributed by atoms with E-state index in [1.54, 1.807) is 11.1 Å². The van der Waals surface area contributed by atoms with Crippen molar-refractivity contribution in [2.24, 2.45) is 29.1 Å². The molecule has 2 unspecified atom stereocenters. The van der Waals surface area contributed by atoms with Crippen molar-refractivity contribution in [1.82, 2.24) is 36.1 Å². The van der Waals surface area contributed by atoms with Gasteiger partial charge in [-0.25, -0.2) is 4.98 Å². The van der Waals surface area contributed by atoms with E-state index in [9.17, 15) is 28.8 Å². The van der Waals surface area contributed by atoms with Gasteiger partial charge in [0, 0.05) is 18.8 Å². The van der Waals surface area contributed by atoms with Crippen LogP contribution in [0, 0.1) is 29.1 Å². The minimum absolute atomic E-state index is 0.00732. The number of rotatable bonds is 16. The van der Waals surface area contributed by atoms with E-state index in [-0.39, 0.29) is 35.4 Å². The normalized spacial score (nSPS) is 25.5. The van der Waals surface area contributed by atoms with Crippen LogP contribution in [0.25, 0.3) is 0 Å². The van der Waals surface area contributed by atoms with Crippen LogP contribution in [0.4, 0.5) is 0 Å². The molecule has 13 heteroatoms. The fraction of sp³-hybridized carbons (Fsp3) is 0.680. The van der Waals surface area contributed by atoms with Crippen LogP contribution in [-0.2, 0) is 30.4 Å². The number of benzene rings is 1. The molecule has 0 radical (unpaired) electrons. The minimum Gasteiger partial charge on any atom is -0.347 e. The first-order valence-electron chi connectivity index (χ1n) is 24.2. The molecule has 4 N–H and O–H groups in total. The molecule has 13 nitrogen and oxygen atoms in total. The van der Waals surface area contributed by atoms with Gasteiger partial charge in [-0.05, 0) is 111 Å². The Morgan fingerprint density at radius 3 is 2.21 bits per heavy atom. The van der Waals surface area contributed by atoms with Crippen LogP contribution in [-0.4, -0.2) is 86.9 Å². The highest BCUT2D eigenvalue weighted by Gasteiger charge is 2.52. The van der Waals surface area contributed by atoms with E-state index in [0.717, 1.165) is 95.6 Å². The van der Waals surface area contributed by atoms with E-state index < -0.39 is 59.0 Å². The zero-order valence-electron chi connectivity index (χ0n) is 38.0. The number of Topliss-reactive ketones (excluding diaryl/α,β-unsaturated/α-hetero) is 1. The zero-order chi connectivity index (χ0) is 44.7. The fourth-order valence-corrected chi connectivity index (χ4v) is 11.0. The summed E-state index contributed by atoms with van der Waals surface area (Å²) < 4.78 is 0. The van der Waals surface area contributed by atoms with Gasteiger partial charge in [0.15, 0.2) is 0 Å². The second-order valence-electron chi connectivity index (χ2n) is 20.5. The summed E-state index contributed by atoms with van der Waals surface area (Å²) in [6.45, 7) is 7.92. The van der Waals surface area contributed by atoms with E-state index in [1.807, 2.05) is 27.7 Å². The van der Waals surface area contributed by atoms with Crippen LogP contribution < -0.4 is 21.3 Å². The Morgan fingerprint density at radius 1 is 0.778 bits per heavy atom. The number of aromatic nitrogens is 2. The largest absolute Gasteiger partial charge is 0.347 e. The van der Waals surface area contributed by atoms with Crippen molar-refractivity contribution in [2.75, 3.05) is 6.54 Å². The maximum absolute atomic E-state index is 14.9. The second-order valence-corrected chi connectivity index (χ2v) is 20.5. The molecule has 5 aliphatic rings. The number of nitrogens with zero attached hydrogens (tertiary/aromatic N) is 3. The van der Waals surface area contributed by atoms with Gasteiger partial charge >= 0.3 is 0 Å². The number of hydrogen-bond acceptors (Lipinski definition) is 8. The number of amides is 5. The Bertz CT molecular complexity index is 1920. The molecule has 342 valence electrons. The number of carbonyl (C=O) groups excluding carboxylic acids is 6. The summed E-state index contributed by atoms with van der Waals surface area (Å²) in [5.41, 5.74) is 1.66. The van der Waals surface area contributed by atoms with Crippen molar-refractivity contribution in [3.63, 3.8) is 0 Å². The molecule has 1 aromatic carbocycles. The summed E-state index contributed by atoms with van der Waals surface area (Å²) in [6, 6.07) is 7.03. The third-order valence-corrected chi connectivity index (χ3v) is 14.7. The lowest BCUT2D eigenvalue weighted by Gasteiger charge is -2.38. The summed E-state index contributed by atoms with van der Waals surface area (Å²) in [5.74, 6) is -2.10. The Morgan fingerprint density at radius 2 is 1.52 bits per heavy atom. The highest BCUT2D eigenvalue weighted by molar-refractivity contribution is 6.38. The Kier molecular flexibility index (Phi) is 15.3. The van der Waals surface area contributed by atoms with Crippen LogP contribution in [0.1, 0.15) is 165 Å². The standard InChI is InChI=1S/C50H71N7O6/c1-5-14-39(43(58)48(62)53-36-25-26-36)54-47(61)42-38-22-13-21-35(38)30-57(42)49(63)44(50(2,3)4)56-46(60)41(34-18-10-7-11-19-34)55-45(59)40-29-51-37(28-52-40)27-31-15-12-20-33(24-23-31)32-16-8-6-9-17-32/h6,8-9,16-17,28-29,31,33-36,38-39,41-42,44H,5,7,10-15,18-27,30H2,1-4H3,(H,53,62)(H,54,61)(H,55,59)(H,56,60)/t31?,33?,35-,38-,39+,41-,42-,44+/m0/s1. The summed E-state index contributed by atoms with van der Waals surface area (Å²) in [6.07, 6.45) is 19.4. The molecule has 5 fully saturated rings. The monoisotopic (exact) mass is 866 g/mol. The first-order valence-corrected chi connectivity index (χ1v) is 24.2. The van der Waals surface area contributed by atoms with Gasteiger partial charge in [-0.15, -0.1) is 0 Å². The van der Waals surface area contributed by atoms with Crippen molar-refractivity contribution in [3.8, 4) is 0 Å².